The fraction of sp³-hybridized carbons (Fsp3) is 0.235. The third-order valence-electron chi connectivity index (χ3n) is 3.59. The molecule has 10 heteroatoms. The van der Waals surface area contributed by atoms with E-state index in [0.29, 0.717) is 29.2 Å². The summed E-state index contributed by atoms with van der Waals surface area (Å²) in [6.07, 6.45) is 2.87. The molecule has 0 saturated heterocycles. The van der Waals surface area contributed by atoms with Gasteiger partial charge < -0.3 is 4.74 Å². The van der Waals surface area contributed by atoms with Crippen molar-refractivity contribution in [2.24, 2.45) is 5.10 Å². The van der Waals surface area contributed by atoms with Crippen molar-refractivity contribution in [3.05, 3.63) is 66.9 Å². The van der Waals surface area contributed by atoms with Gasteiger partial charge in [0.15, 0.2) is 11.6 Å². The monoisotopic (exact) mass is 403 g/mol. The third-order valence-corrected chi connectivity index (χ3v) is 4.73. The van der Waals surface area contributed by atoms with Gasteiger partial charge in [-0.3, -0.25) is 15.2 Å². The smallest absolute Gasteiger partial charge is 0.311 e. The molecule has 0 atom stereocenters. The molecule has 0 bridgehead atoms. The van der Waals surface area contributed by atoms with Crippen molar-refractivity contribution in [3.63, 3.8) is 0 Å². The van der Waals surface area contributed by atoms with Crippen LogP contribution in [0, 0.1) is 14.9 Å². The zero-order valence-electron chi connectivity index (χ0n) is 14.5. The van der Waals surface area contributed by atoms with Crippen molar-refractivity contribution < 1.29 is 9.66 Å². The SMILES string of the molecule is CCCOc1ccc(/C=N\n2c(Cc3cccs3)n[nH]c2=S)cc1[N+](=O)[O-]. The van der Waals surface area contributed by atoms with E-state index in [1.807, 2.05) is 24.4 Å². The average Bonchev–Trinajstić information content (AvgIpc) is 3.29. The molecule has 2 heterocycles. The highest BCUT2D eigenvalue weighted by Gasteiger charge is 2.15. The van der Waals surface area contributed by atoms with Crippen LogP contribution in [-0.2, 0) is 6.42 Å². The Kier molecular flexibility index (Phi) is 6.09. The first-order valence-corrected chi connectivity index (χ1v) is 9.51. The van der Waals surface area contributed by atoms with Crippen LogP contribution in [0.3, 0.4) is 0 Å². The number of nitrogens with zero attached hydrogens (tertiary/aromatic N) is 4. The Labute approximate surface area is 164 Å². The van der Waals surface area contributed by atoms with Crippen molar-refractivity contribution in [1.29, 1.82) is 0 Å². The molecule has 140 valence electrons. The number of ether oxygens (including phenoxy) is 1. The number of hydrogen-bond donors (Lipinski definition) is 1. The van der Waals surface area contributed by atoms with Crippen molar-refractivity contribution in [1.82, 2.24) is 14.9 Å². The van der Waals surface area contributed by atoms with Gasteiger partial charge in [-0.1, -0.05) is 13.0 Å². The van der Waals surface area contributed by atoms with Crippen molar-refractivity contribution in [2.45, 2.75) is 19.8 Å². The number of aromatic nitrogens is 3. The number of aromatic amines is 1. The van der Waals surface area contributed by atoms with E-state index >= 15 is 0 Å². The molecule has 1 N–H and O–H groups in total. The highest BCUT2D eigenvalue weighted by molar-refractivity contribution is 7.71. The first kappa shape index (κ1) is 18.9. The van der Waals surface area contributed by atoms with Gasteiger partial charge in [0, 0.05) is 22.9 Å². The maximum absolute atomic E-state index is 11.3. The molecule has 8 nitrogen and oxygen atoms in total. The molecule has 1 aromatic carbocycles. The summed E-state index contributed by atoms with van der Waals surface area (Å²) < 4.78 is 7.30. The van der Waals surface area contributed by atoms with Gasteiger partial charge in [-0.15, -0.1) is 11.3 Å². The maximum Gasteiger partial charge on any atom is 0.311 e. The summed E-state index contributed by atoms with van der Waals surface area (Å²) in [5.74, 6) is 0.911. The molecule has 0 saturated carbocycles. The van der Waals surface area contributed by atoms with Crippen LogP contribution in [0.15, 0.2) is 40.8 Å². The predicted molar refractivity (Wildman–Crippen MR) is 106 cm³/mol. The topological polar surface area (TPSA) is 98.3 Å². The van der Waals surface area contributed by atoms with Crippen LogP contribution in [0.4, 0.5) is 5.69 Å². The number of nitro benzene ring substituents is 1. The van der Waals surface area contributed by atoms with E-state index < -0.39 is 4.92 Å². The summed E-state index contributed by atoms with van der Waals surface area (Å²) in [5.41, 5.74) is 0.470. The van der Waals surface area contributed by atoms with Gasteiger partial charge in [0.25, 0.3) is 0 Å². The fourth-order valence-electron chi connectivity index (χ4n) is 2.34. The van der Waals surface area contributed by atoms with E-state index in [-0.39, 0.29) is 11.4 Å². The predicted octanol–water partition coefficient (Wildman–Crippen LogP) is 4.17. The molecule has 27 heavy (non-hydrogen) atoms. The summed E-state index contributed by atoms with van der Waals surface area (Å²) >= 11 is 6.85. The van der Waals surface area contributed by atoms with Crippen LogP contribution in [0.2, 0.25) is 0 Å². The Morgan fingerprint density at radius 3 is 3.04 bits per heavy atom. The molecule has 3 aromatic rings. The maximum atomic E-state index is 11.3. The van der Waals surface area contributed by atoms with Crippen LogP contribution >= 0.6 is 23.6 Å². The van der Waals surface area contributed by atoms with Crippen LogP contribution in [0.25, 0.3) is 0 Å². The highest BCUT2D eigenvalue weighted by atomic mass is 32.1. The average molecular weight is 403 g/mol. The first-order chi connectivity index (χ1) is 13.1. The number of benzene rings is 1. The van der Waals surface area contributed by atoms with E-state index in [1.54, 1.807) is 23.5 Å². The Morgan fingerprint density at radius 2 is 2.33 bits per heavy atom. The van der Waals surface area contributed by atoms with Crippen LogP contribution in [-0.4, -0.2) is 32.6 Å². The molecular weight excluding hydrogens is 386 g/mol. The van der Waals surface area contributed by atoms with Crippen LogP contribution in [0.5, 0.6) is 5.75 Å². The number of hydrogen-bond acceptors (Lipinski definition) is 7. The van der Waals surface area contributed by atoms with Crippen molar-refractivity contribution in [3.8, 4) is 5.75 Å². The van der Waals surface area contributed by atoms with Gasteiger partial charge in [0.2, 0.25) is 4.77 Å². The summed E-state index contributed by atoms with van der Waals surface area (Å²) in [7, 11) is 0. The van der Waals surface area contributed by atoms with E-state index in [9.17, 15) is 10.1 Å². The Bertz CT molecular complexity index is 1010. The molecule has 0 aliphatic heterocycles. The van der Waals surface area contributed by atoms with Crippen molar-refractivity contribution in [2.75, 3.05) is 6.61 Å². The zero-order valence-corrected chi connectivity index (χ0v) is 16.1. The standard InChI is InChI=1S/C17H17N5O3S2/c1-2-7-25-15-6-5-12(9-14(15)22(23)24)11-18-21-16(19-20-17(21)26)10-13-4-3-8-27-13/h3-6,8-9,11H,2,7,10H2,1H3,(H,20,26)/b18-11-. The van der Waals surface area contributed by atoms with Gasteiger partial charge in [0.1, 0.15) is 0 Å². The lowest BCUT2D eigenvalue weighted by Crippen LogP contribution is -2.01. The second kappa shape index (κ2) is 8.69. The summed E-state index contributed by atoms with van der Waals surface area (Å²) in [6.45, 7) is 2.36. The van der Waals surface area contributed by atoms with Gasteiger partial charge in [-0.05, 0) is 42.2 Å². The van der Waals surface area contributed by atoms with Crippen molar-refractivity contribution >= 4 is 35.5 Å². The summed E-state index contributed by atoms with van der Waals surface area (Å²) in [5, 5.41) is 24.6. The Balaban J connectivity index is 1.86. The normalized spacial score (nSPS) is 11.1. The molecule has 0 aliphatic rings. The minimum atomic E-state index is -0.464. The van der Waals surface area contributed by atoms with E-state index in [2.05, 4.69) is 15.3 Å². The zero-order chi connectivity index (χ0) is 19.2. The second-order valence-corrected chi connectivity index (χ2v) is 7.01. The second-order valence-electron chi connectivity index (χ2n) is 5.59. The van der Waals surface area contributed by atoms with Crippen LogP contribution < -0.4 is 4.74 Å². The fourth-order valence-corrected chi connectivity index (χ4v) is 3.24. The molecule has 3 rings (SSSR count). The quantitative estimate of drug-likeness (QED) is 0.263. The molecule has 0 unspecified atom stereocenters. The molecule has 0 radical (unpaired) electrons. The number of nitrogens with one attached hydrogen (secondary N) is 1. The Hall–Kier alpha value is -2.85. The lowest BCUT2D eigenvalue weighted by molar-refractivity contribution is -0.385. The van der Waals surface area contributed by atoms with E-state index in [4.69, 9.17) is 17.0 Å². The highest BCUT2D eigenvalue weighted by Crippen LogP contribution is 2.27. The van der Waals surface area contributed by atoms with Gasteiger partial charge in [-0.25, -0.2) is 0 Å². The Morgan fingerprint density at radius 1 is 1.48 bits per heavy atom. The summed E-state index contributed by atoms with van der Waals surface area (Å²) in [6, 6.07) is 8.70. The largest absolute Gasteiger partial charge is 0.487 e. The number of nitro groups is 1. The van der Waals surface area contributed by atoms with Gasteiger partial charge >= 0.3 is 5.69 Å². The van der Waals surface area contributed by atoms with E-state index in [0.717, 1.165) is 11.3 Å². The minimum absolute atomic E-state index is 0.0954. The first-order valence-electron chi connectivity index (χ1n) is 8.22. The third kappa shape index (κ3) is 4.66. The van der Waals surface area contributed by atoms with Crippen LogP contribution in [0.1, 0.15) is 29.6 Å². The minimum Gasteiger partial charge on any atom is -0.487 e. The summed E-state index contributed by atoms with van der Waals surface area (Å²) in [4.78, 5) is 12.0. The molecule has 2 aromatic heterocycles. The lowest BCUT2D eigenvalue weighted by atomic mass is 10.2. The molecule has 0 aliphatic carbocycles. The van der Waals surface area contributed by atoms with Gasteiger partial charge in [-0.2, -0.15) is 14.9 Å². The number of rotatable bonds is 8. The number of H-pyrrole nitrogens is 1. The molecular formula is C17H17N5O3S2. The molecule has 0 amide bonds. The number of thiophene rings is 1. The molecule has 0 fully saturated rings. The van der Waals surface area contributed by atoms with E-state index in [1.165, 1.54) is 17.0 Å². The lowest BCUT2D eigenvalue weighted by Gasteiger charge is -2.05. The molecule has 0 spiro atoms. The van der Waals surface area contributed by atoms with Gasteiger partial charge in [0.05, 0.1) is 17.7 Å².